The average Bonchev–Trinajstić information content (AvgIpc) is 3.32. The van der Waals surface area contributed by atoms with Crippen LogP contribution in [0, 0.1) is 13.8 Å². The van der Waals surface area contributed by atoms with Crippen molar-refractivity contribution in [2.45, 2.75) is 32.8 Å². The maximum Gasteiger partial charge on any atom is 0.223 e. The molecule has 3 aromatic heterocycles. The molecule has 8 nitrogen and oxygen atoms in total. The molecule has 0 bridgehead atoms. The van der Waals surface area contributed by atoms with Gasteiger partial charge in [-0.05, 0) is 26.7 Å². The smallest absolute Gasteiger partial charge is 0.223 e. The first-order chi connectivity index (χ1) is 12.7. The molecule has 1 saturated heterocycles. The summed E-state index contributed by atoms with van der Waals surface area (Å²) in [5.41, 5.74) is 3.67. The first kappa shape index (κ1) is 16.6. The van der Waals surface area contributed by atoms with Gasteiger partial charge in [-0.2, -0.15) is 0 Å². The van der Waals surface area contributed by atoms with Crippen LogP contribution in [-0.4, -0.2) is 44.3 Å². The van der Waals surface area contributed by atoms with Gasteiger partial charge in [0.05, 0.1) is 29.3 Å². The highest BCUT2D eigenvalue weighted by atomic mass is 16.5. The Kier molecular flexibility index (Phi) is 4.57. The molecule has 8 heteroatoms. The van der Waals surface area contributed by atoms with Gasteiger partial charge in [-0.25, -0.2) is 9.97 Å². The summed E-state index contributed by atoms with van der Waals surface area (Å²) in [6, 6.07) is 1.85. The topological polar surface area (TPSA) is 98.9 Å². The van der Waals surface area contributed by atoms with Crippen LogP contribution in [0.25, 0.3) is 22.7 Å². The van der Waals surface area contributed by atoms with E-state index in [2.05, 4.69) is 30.4 Å². The second kappa shape index (κ2) is 7.17. The van der Waals surface area contributed by atoms with E-state index in [0.717, 1.165) is 36.4 Å². The molecule has 1 aliphatic heterocycles. The third-order valence-electron chi connectivity index (χ3n) is 4.22. The van der Waals surface area contributed by atoms with E-state index in [4.69, 9.17) is 9.26 Å². The Bertz CT molecular complexity index is 887. The highest BCUT2D eigenvalue weighted by Crippen LogP contribution is 2.30. The Labute approximate surface area is 151 Å². The minimum Gasteiger partial charge on any atom is -0.376 e. The molecule has 0 aliphatic carbocycles. The van der Waals surface area contributed by atoms with E-state index in [9.17, 15) is 0 Å². The lowest BCUT2D eigenvalue weighted by Gasteiger charge is -2.12. The predicted octanol–water partition coefficient (Wildman–Crippen LogP) is 2.80. The fourth-order valence-corrected chi connectivity index (χ4v) is 2.86. The van der Waals surface area contributed by atoms with Crippen LogP contribution in [0.5, 0.6) is 0 Å². The van der Waals surface area contributed by atoms with Crippen LogP contribution in [0.3, 0.4) is 0 Å². The van der Waals surface area contributed by atoms with Gasteiger partial charge >= 0.3 is 0 Å². The van der Waals surface area contributed by atoms with Crippen LogP contribution in [0.2, 0.25) is 0 Å². The Hall–Kier alpha value is -2.87. The molecular formula is C18H20N6O2. The molecule has 4 heterocycles. The van der Waals surface area contributed by atoms with Crippen LogP contribution in [0.15, 0.2) is 29.2 Å². The number of hydrogen-bond donors (Lipinski definition) is 1. The highest BCUT2D eigenvalue weighted by molar-refractivity contribution is 5.76. The first-order valence-electron chi connectivity index (χ1n) is 8.64. The minimum atomic E-state index is 0.206. The Morgan fingerprint density at radius 1 is 1.12 bits per heavy atom. The summed E-state index contributed by atoms with van der Waals surface area (Å²) in [5.74, 6) is 1.13. The number of anilines is 1. The SMILES string of the molecule is Cc1cnc(-c2nc(NCC3CCCO3)ncc2-c2cc(C)no2)cn1. The van der Waals surface area contributed by atoms with Gasteiger partial charge in [0.2, 0.25) is 5.95 Å². The largest absolute Gasteiger partial charge is 0.376 e. The van der Waals surface area contributed by atoms with E-state index in [0.29, 0.717) is 29.6 Å². The number of rotatable bonds is 5. The van der Waals surface area contributed by atoms with Gasteiger partial charge in [0, 0.05) is 31.6 Å². The molecule has 0 radical (unpaired) electrons. The molecule has 134 valence electrons. The second-order valence-corrected chi connectivity index (χ2v) is 6.35. The summed E-state index contributed by atoms with van der Waals surface area (Å²) >= 11 is 0. The van der Waals surface area contributed by atoms with Crippen LogP contribution in [0.1, 0.15) is 24.2 Å². The van der Waals surface area contributed by atoms with E-state index < -0.39 is 0 Å². The lowest BCUT2D eigenvalue weighted by Crippen LogP contribution is -2.19. The van der Waals surface area contributed by atoms with Gasteiger partial charge in [0.15, 0.2) is 5.76 Å². The van der Waals surface area contributed by atoms with Crippen molar-refractivity contribution >= 4 is 5.95 Å². The van der Waals surface area contributed by atoms with Gasteiger partial charge in [0.25, 0.3) is 0 Å². The highest BCUT2D eigenvalue weighted by Gasteiger charge is 2.18. The Balaban J connectivity index is 1.68. The molecule has 3 aromatic rings. The zero-order valence-corrected chi connectivity index (χ0v) is 14.8. The van der Waals surface area contributed by atoms with Crippen molar-refractivity contribution in [3.63, 3.8) is 0 Å². The quantitative estimate of drug-likeness (QED) is 0.748. The number of nitrogens with one attached hydrogen (secondary N) is 1. The van der Waals surface area contributed by atoms with Crippen molar-refractivity contribution in [3.05, 3.63) is 36.0 Å². The molecule has 4 rings (SSSR count). The molecule has 1 fully saturated rings. The molecule has 0 aromatic carbocycles. The maximum absolute atomic E-state index is 5.63. The monoisotopic (exact) mass is 352 g/mol. The summed E-state index contributed by atoms with van der Waals surface area (Å²) in [6.07, 6.45) is 7.50. The van der Waals surface area contributed by atoms with E-state index in [1.807, 2.05) is 19.9 Å². The van der Waals surface area contributed by atoms with E-state index in [-0.39, 0.29) is 6.10 Å². The number of ether oxygens (including phenoxy) is 1. The number of hydrogen-bond acceptors (Lipinski definition) is 8. The lowest BCUT2D eigenvalue weighted by molar-refractivity contribution is 0.120. The third-order valence-corrected chi connectivity index (χ3v) is 4.22. The van der Waals surface area contributed by atoms with E-state index in [1.54, 1.807) is 18.6 Å². The molecule has 0 saturated carbocycles. The van der Waals surface area contributed by atoms with Crippen LogP contribution in [0.4, 0.5) is 5.95 Å². The zero-order valence-electron chi connectivity index (χ0n) is 14.8. The summed E-state index contributed by atoms with van der Waals surface area (Å²) in [6.45, 7) is 5.27. The van der Waals surface area contributed by atoms with Gasteiger partial charge in [-0.1, -0.05) is 5.16 Å². The molecule has 1 N–H and O–H groups in total. The second-order valence-electron chi connectivity index (χ2n) is 6.35. The average molecular weight is 352 g/mol. The van der Waals surface area contributed by atoms with E-state index in [1.165, 1.54) is 0 Å². The van der Waals surface area contributed by atoms with Crippen LogP contribution >= 0.6 is 0 Å². The molecule has 0 amide bonds. The molecule has 26 heavy (non-hydrogen) atoms. The van der Waals surface area contributed by atoms with E-state index >= 15 is 0 Å². The molecule has 0 spiro atoms. The molecular weight excluding hydrogens is 332 g/mol. The third kappa shape index (κ3) is 3.55. The zero-order chi connectivity index (χ0) is 17.9. The normalized spacial score (nSPS) is 16.8. The summed E-state index contributed by atoms with van der Waals surface area (Å²) in [7, 11) is 0. The van der Waals surface area contributed by atoms with Crippen molar-refractivity contribution in [2.75, 3.05) is 18.5 Å². The van der Waals surface area contributed by atoms with Crippen LogP contribution < -0.4 is 5.32 Å². The number of aryl methyl sites for hydroxylation is 2. The number of aromatic nitrogens is 5. The van der Waals surface area contributed by atoms with Crippen LogP contribution in [-0.2, 0) is 4.74 Å². The van der Waals surface area contributed by atoms with Gasteiger partial charge in [-0.15, -0.1) is 0 Å². The van der Waals surface area contributed by atoms with Crippen molar-refractivity contribution in [1.29, 1.82) is 0 Å². The number of nitrogens with zero attached hydrogens (tertiary/aromatic N) is 5. The van der Waals surface area contributed by atoms with Gasteiger partial charge < -0.3 is 14.6 Å². The maximum atomic E-state index is 5.63. The Morgan fingerprint density at radius 2 is 2.04 bits per heavy atom. The van der Waals surface area contributed by atoms with Crippen molar-refractivity contribution in [3.8, 4) is 22.7 Å². The fraction of sp³-hybridized carbons (Fsp3) is 0.389. The summed E-state index contributed by atoms with van der Waals surface area (Å²) in [4.78, 5) is 17.8. The summed E-state index contributed by atoms with van der Waals surface area (Å²) < 4.78 is 11.0. The van der Waals surface area contributed by atoms with Gasteiger partial charge in [0.1, 0.15) is 11.4 Å². The molecule has 1 aliphatic rings. The standard InChI is InChI=1S/C18H20N6O2/c1-11-6-16(26-24-11)14-9-22-18(21-8-13-4-3-5-25-13)23-17(14)15-10-19-12(2)7-20-15/h6-7,9-10,13H,3-5,8H2,1-2H3,(H,21,22,23). The Morgan fingerprint density at radius 3 is 2.73 bits per heavy atom. The first-order valence-corrected chi connectivity index (χ1v) is 8.64. The predicted molar refractivity (Wildman–Crippen MR) is 95.5 cm³/mol. The summed E-state index contributed by atoms with van der Waals surface area (Å²) in [5, 5.41) is 7.20. The van der Waals surface area contributed by atoms with Crippen molar-refractivity contribution < 1.29 is 9.26 Å². The van der Waals surface area contributed by atoms with Crippen molar-refractivity contribution in [2.24, 2.45) is 0 Å². The molecule has 1 atom stereocenters. The lowest BCUT2D eigenvalue weighted by atomic mass is 10.1. The fourth-order valence-electron chi connectivity index (χ4n) is 2.86. The van der Waals surface area contributed by atoms with Crippen molar-refractivity contribution in [1.82, 2.24) is 25.1 Å². The van der Waals surface area contributed by atoms with Gasteiger partial charge in [-0.3, -0.25) is 9.97 Å². The molecule has 1 unspecified atom stereocenters. The minimum absolute atomic E-state index is 0.206.